The SMILES string of the molecule is CC(C)C[C@]12O[C@@H](C)[C@H](OC1C)[C@@H]2C.CCC. The third kappa shape index (κ3) is 2.68. The lowest BCUT2D eigenvalue weighted by molar-refractivity contribution is -0.179. The van der Waals surface area contributed by atoms with Gasteiger partial charge in [0.1, 0.15) is 0 Å². The normalized spacial score (nSPS) is 43.8. The lowest BCUT2D eigenvalue weighted by Gasteiger charge is -2.37. The maximum Gasteiger partial charge on any atom is 0.0998 e. The van der Waals surface area contributed by atoms with E-state index in [2.05, 4.69) is 48.5 Å². The van der Waals surface area contributed by atoms with Crippen molar-refractivity contribution >= 4 is 0 Å². The van der Waals surface area contributed by atoms with Crippen LogP contribution in [-0.4, -0.2) is 23.9 Å². The molecule has 102 valence electrons. The quantitative estimate of drug-likeness (QED) is 0.728. The van der Waals surface area contributed by atoms with Crippen molar-refractivity contribution in [2.24, 2.45) is 11.8 Å². The average molecular weight is 242 g/mol. The summed E-state index contributed by atoms with van der Waals surface area (Å²) >= 11 is 0. The first-order chi connectivity index (χ1) is 7.89. The van der Waals surface area contributed by atoms with Crippen molar-refractivity contribution in [3.8, 4) is 0 Å². The summed E-state index contributed by atoms with van der Waals surface area (Å²) < 4.78 is 12.1. The maximum atomic E-state index is 6.16. The second-order valence-corrected chi connectivity index (χ2v) is 6.11. The van der Waals surface area contributed by atoms with Crippen LogP contribution in [-0.2, 0) is 9.47 Å². The molecule has 2 fully saturated rings. The van der Waals surface area contributed by atoms with Crippen LogP contribution in [0.25, 0.3) is 0 Å². The molecule has 0 aromatic rings. The highest BCUT2D eigenvalue weighted by atomic mass is 16.6. The lowest BCUT2D eigenvalue weighted by atomic mass is 9.80. The summed E-state index contributed by atoms with van der Waals surface area (Å²) in [5.74, 6) is 1.22. The number of rotatable bonds is 2. The number of hydrogen-bond donors (Lipinski definition) is 0. The molecule has 2 aliphatic heterocycles. The molecule has 2 saturated heterocycles. The number of ether oxygens (including phenoxy) is 2. The zero-order valence-electron chi connectivity index (χ0n) is 12.6. The van der Waals surface area contributed by atoms with Gasteiger partial charge in [-0.1, -0.05) is 41.0 Å². The van der Waals surface area contributed by atoms with Gasteiger partial charge in [0.25, 0.3) is 0 Å². The van der Waals surface area contributed by atoms with Gasteiger partial charge in [-0.05, 0) is 26.2 Å². The fourth-order valence-corrected chi connectivity index (χ4v) is 3.29. The van der Waals surface area contributed by atoms with Gasteiger partial charge in [-0.3, -0.25) is 0 Å². The van der Waals surface area contributed by atoms with Crippen molar-refractivity contribution in [3.05, 3.63) is 0 Å². The Kier molecular flexibility index (Phi) is 5.03. The van der Waals surface area contributed by atoms with E-state index in [1.165, 1.54) is 6.42 Å². The van der Waals surface area contributed by atoms with E-state index < -0.39 is 0 Å². The Bertz CT molecular complexity index is 239. The molecule has 2 bridgehead atoms. The molecule has 2 aliphatic rings. The predicted octanol–water partition coefficient (Wildman–Crippen LogP) is 4.03. The first-order valence-corrected chi connectivity index (χ1v) is 7.22. The van der Waals surface area contributed by atoms with E-state index in [1.807, 2.05) is 0 Å². The molecule has 2 heteroatoms. The van der Waals surface area contributed by atoms with E-state index in [9.17, 15) is 0 Å². The van der Waals surface area contributed by atoms with Gasteiger partial charge >= 0.3 is 0 Å². The highest BCUT2D eigenvalue weighted by molar-refractivity contribution is 5.08. The highest BCUT2D eigenvalue weighted by Crippen LogP contribution is 2.51. The molecule has 2 nitrogen and oxygen atoms in total. The summed E-state index contributed by atoms with van der Waals surface area (Å²) in [4.78, 5) is 0. The minimum Gasteiger partial charge on any atom is -0.369 e. The van der Waals surface area contributed by atoms with Crippen LogP contribution >= 0.6 is 0 Å². The Morgan fingerprint density at radius 2 is 1.65 bits per heavy atom. The van der Waals surface area contributed by atoms with Gasteiger partial charge in [0.15, 0.2) is 0 Å². The summed E-state index contributed by atoms with van der Waals surface area (Å²) in [5.41, 5.74) is -0.00174. The number of fused-ring (bicyclic) bond motifs is 2. The smallest absolute Gasteiger partial charge is 0.0998 e. The second-order valence-electron chi connectivity index (χ2n) is 6.11. The average Bonchev–Trinajstić information content (AvgIpc) is 2.55. The Balaban J connectivity index is 0.000000437. The van der Waals surface area contributed by atoms with Gasteiger partial charge in [-0.25, -0.2) is 0 Å². The van der Waals surface area contributed by atoms with Crippen LogP contribution < -0.4 is 0 Å². The Morgan fingerprint density at radius 1 is 1.12 bits per heavy atom. The van der Waals surface area contributed by atoms with Crippen LogP contribution in [0.3, 0.4) is 0 Å². The standard InChI is InChI=1S/C12H22O2.C3H8/c1-7(2)6-12-8(3)11(9(4)14-12)13-10(12)5;1-3-2/h7-11H,6H2,1-5H3;3H2,1-2H3/t8-,9-,10?,11+,12+;/m0./s1. The zero-order valence-corrected chi connectivity index (χ0v) is 12.6. The molecule has 0 aromatic carbocycles. The summed E-state index contributed by atoms with van der Waals surface area (Å²) in [5, 5.41) is 0. The summed E-state index contributed by atoms with van der Waals surface area (Å²) in [6, 6.07) is 0. The van der Waals surface area contributed by atoms with Crippen molar-refractivity contribution in [1.82, 2.24) is 0 Å². The van der Waals surface area contributed by atoms with Crippen LogP contribution in [0, 0.1) is 11.8 Å². The third-order valence-corrected chi connectivity index (χ3v) is 3.91. The molecule has 1 unspecified atom stereocenters. The maximum absolute atomic E-state index is 6.16. The van der Waals surface area contributed by atoms with Crippen LogP contribution in [0.15, 0.2) is 0 Å². The minimum absolute atomic E-state index is 0.00174. The van der Waals surface area contributed by atoms with E-state index in [0.717, 1.165) is 6.42 Å². The van der Waals surface area contributed by atoms with Crippen molar-refractivity contribution in [2.75, 3.05) is 0 Å². The van der Waals surface area contributed by atoms with E-state index >= 15 is 0 Å². The molecular weight excluding hydrogens is 212 g/mol. The van der Waals surface area contributed by atoms with Crippen molar-refractivity contribution in [1.29, 1.82) is 0 Å². The largest absolute Gasteiger partial charge is 0.369 e. The molecule has 0 saturated carbocycles. The van der Waals surface area contributed by atoms with Gasteiger partial charge in [0, 0.05) is 5.92 Å². The van der Waals surface area contributed by atoms with E-state index in [0.29, 0.717) is 17.9 Å². The van der Waals surface area contributed by atoms with E-state index in [1.54, 1.807) is 0 Å². The molecule has 2 rings (SSSR count). The molecule has 17 heavy (non-hydrogen) atoms. The molecule has 0 radical (unpaired) electrons. The fraction of sp³-hybridized carbons (Fsp3) is 1.00. The van der Waals surface area contributed by atoms with Gasteiger partial charge in [0.05, 0.1) is 23.9 Å². The molecule has 0 amide bonds. The van der Waals surface area contributed by atoms with Crippen LogP contribution in [0.2, 0.25) is 0 Å². The molecular formula is C15H30O2. The molecule has 0 aromatic heterocycles. The Hall–Kier alpha value is -0.0800. The molecule has 0 N–H and O–H groups in total. The molecule has 5 atom stereocenters. The Morgan fingerprint density at radius 3 is 2.00 bits per heavy atom. The highest BCUT2D eigenvalue weighted by Gasteiger charge is 2.61. The van der Waals surface area contributed by atoms with Gasteiger partial charge < -0.3 is 9.47 Å². The Labute approximate surface area is 107 Å². The fourth-order valence-electron chi connectivity index (χ4n) is 3.29. The van der Waals surface area contributed by atoms with Gasteiger partial charge in [-0.15, -0.1) is 0 Å². The molecule has 2 heterocycles. The first-order valence-electron chi connectivity index (χ1n) is 7.22. The number of hydrogen-bond acceptors (Lipinski definition) is 2. The van der Waals surface area contributed by atoms with E-state index in [4.69, 9.17) is 9.47 Å². The zero-order chi connectivity index (χ0) is 13.2. The first kappa shape index (κ1) is 15.0. The van der Waals surface area contributed by atoms with Crippen LogP contribution in [0.1, 0.15) is 61.3 Å². The van der Waals surface area contributed by atoms with Crippen molar-refractivity contribution in [3.63, 3.8) is 0 Å². The monoisotopic (exact) mass is 242 g/mol. The second kappa shape index (κ2) is 5.71. The summed E-state index contributed by atoms with van der Waals surface area (Å²) in [6.07, 6.45) is 3.24. The third-order valence-electron chi connectivity index (χ3n) is 3.91. The summed E-state index contributed by atoms with van der Waals surface area (Å²) in [6.45, 7) is 15.3. The molecule has 0 aliphatic carbocycles. The summed E-state index contributed by atoms with van der Waals surface area (Å²) in [7, 11) is 0. The van der Waals surface area contributed by atoms with Crippen LogP contribution in [0.5, 0.6) is 0 Å². The van der Waals surface area contributed by atoms with E-state index in [-0.39, 0.29) is 17.8 Å². The van der Waals surface area contributed by atoms with Crippen LogP contribution in [0.4, 0.5) is 0 Å². The van der Waals surface area contributed by atoms with Gasteiger partial charge in [0.2, 0.25) is 0 Å². The van der Waals surface area contributed by atoms with Crippen molar-refractivity contribution in [2.45, 2.75) is 85.2 Å². The lowest BCUT2D eigenvalue weighted by Crippen LogP contribution is -2.45. The van der Waals surface area contributed by atoms with Crippen molar-refractivity contribution < 1.29 is 9.47 Å². The van der Waals surface area contributed by atoms with Gasteiger partial charge in [-0.2, -0.15) is 0 Å². The topological polar surface area (TPSA) is 18.5 Å². The molecule has 0 spiro atoms. The predicted molar refractivity (Wildman–Crippen MR) is 72.2 cm³/mol. The minimum atomic E-state index is -0.00174.